The van der Waals surface area contributed by atoms with Gasteiger partial charge in [0.15, 0.2) is 0 Å². The van der Waals surface area contributed by atoms with Crippen LogP contribution in [0.2, 0.25) is 5.02 Å². The molecule has 1 saturated carbocycles. The normalized spacial score (nSPS) is 18.0. The minimum atomic E-state index is -1.15. The Morgan fingerprint density at radius 1 is 1.41 bits per heavy atom. The Labute approximate surface area is 106 Å². The van der Waals surface area contributed by atoms with Crippen molar-refractivity contribution < 1.29 is 9.90 Å². The predicted molar refractivity (Wildman–Crippen MR) is 66.7 cm³/mol. The number of hydrogen-bond acceptors (Lipinski definition) is 2. The molecule has 1 fully saturated rings. The summed E-state index contributed by atoms with van der Waals surface area (Å²) in [5.74, 6) is -0.269. The maximum atomic E-state index is 11.8. The van der Waals surface area contributed by atoms with Gasteiger partial charge in [0.05, 0.1) is 0 Å². The van der Waals surface area contributed by atoms with Gasteiger partial charge < -0.3 is 10.4 Å². The van der Waals surface area contributed by atoms with Crippen LogP contribution in [0.4, 0.5) is 0 Å². The summed E-state index contributed by atoms with van der Waals surface area (Å²) in [5, 5.41) is 13.5. The highest BCUT2D eigenvalue weighted by Crippen LogP contribution is 2.29. The van der Waals surface area contributed by atoms with E-state index in [0.717, 1.165) is 18.4 Å². The van der Waals surface area contributed by atoms with Crippen molar-refractivity contribution in [2.45, 2.75) is 37.8 Å². The van der Waals surface area contributed by atoms with E-state index < -0.39 is 5.60 Å². The standard InChI is InChI=1S/C13H16ClNO2/c14-11-5-3-4-10(8-11)9-15-12(16)13(17)6-1-2-7-13/h3-5,8,17H,1-2,6-7,9H2,(H,15,16). The lowest BCUT2D eigenvalue weighted by Gasteiger charge is -2.20. The lowest BCUT2D eigenvalue weighted by Crippen LogP contribution is -2.44. The molecule has 1 aromatic rings. The number of aliphatic hydroxyl groups is 1. The molecule has 0 spiro atoms. The first-order valence-electron chi connectivity index (χ1n) is 5.85. The summed E-state index contributed by atoms with van der Waals surface area (Å²) < 4.78 is 0. The number of nitrogens with one attached hydrogen (secondary N) is 1. The third kappa shape index (κ3) is 2.99. The van der Waals surface area contributed by atoms with Gasteiger partial charge in [-0.3, -0.25) is 4.79 Å². The van der Waals surface area contributed by atoms with Crippen LogP contribution in [0.1, 0.15) is 31.2 Å². The molecule has 4 heteroatoms. The molecule has 17 heavy (non-hydrogen) atoms. The van der Waals surface area contributed by atoms with Crippen molar-refractivity contribution in [3.05, 3.63) is 34.9 Å². The molecule has 1 aliphatic carbocycles. The molecule has 0 atom stereocenters. The summed E-state index contributed by atoms with van der Waals surface area (Å²) in [6.45, 7) is 0.404. The van der Waals surface area contributed by atoms with Crippen molar-refractivity contribution in [2.24, 2.45) is 0 Å². The highest BCUT2D eigenvalue weighted by Gasteiger charge is 2.38. The van der Waals surface area contributed by atoms with Crippen molar-refractivity contribution >= 4 is 17.5 Å². The summed E-state index contributed by atoms with van der Waals surface area (Å²) in [4.78, 5) is 11.8. The Kier molecular flexibility index (Phi) is 3.69. The van der Waals surface area contributed by atoms with Crippen molar-refractivity contribution in [2.75, 3.05) is 0 Å². The van der Waals surface area contributed by atoms with E-state index in [9.17, 15) is 9.90 Å². The molecule has 2 N–H and O–H groups in total. The van der Waals surface area contributed by atoms with Gasteiger partial charge in [0.1, 0.15) is 5.60 Å². The van der Waals surface area contributed by atoms with E-state index in [1.165, 1.54) is 0 Å². The molecular weight excluding hydrogens is 238 g/mol. The predicted octanol–water partition coefficient (Wildman–Crippen LogP) is 2.26. The van der Waals surface area contributed by atoms with E-state index in [1.807, 2.05) is 12.1 Å². The number of halogens is 1. The van der Waals surface area contributed by atoms with Crippen LogP contribution < -0.4 is 5.32 Å². The Morgan fingerprint density at radius 3 is 2.76 bits per heavy atom. The smallest absolute Gasteiger partial charge is 0.252 e. The topological polar surface area (TPSA) is 49.3 Å². The quantitative estimate of drug-likeness (QED) is 0.868. The number of carbonyl (C=O) groups is 1. The summed E-state index contributed by atoms with van der Waals surface area (Å²) >= 11 is 5.85. The Balaban J connectivity index is 1.92. The van der Waals surface area contributed by atoms with Gasteiger partial charge in [-0.15, -0.1) is 0 Å². The maximum absolute atomic E-state index is 11.8. The van der Waals surface area contributed by atoms with Crippen molar-refractivity contribution in [1.82, 2.24) is 5.32 Å². The molecule has 0 heterocycles. The highest BCUT2D eigenvalue weighted by molar-refractivity contribution is 6.30. The molecule has 0 bridgehead atoms. The van der Waals surface area contributed by atoms with Crippen LogP contribution in [-0.4, -0.2) is 16.6 Å². The zero-order valence-corrected chi connectivity index (χ0v) is 10.3. The monoisotopic (exact) mass is 253 g/mol. The van der Waals surface area contributed by atoms with Crippen LogP contribution in [0.25, 0.3) is 0 Å². The summed E-state index contributed by atoms with van der Waals surface area (Å²) in [6, 6.07) is 7.33. The molecule has 3 nitrogen and oxygen atoms in total. The number of rotatable bonds is 3. The lowest BCUT2D eigenvalue weighted by molar-refractivity contribution is -0.139. The molecule has 1 aromatic carbocycles. The molecule has 0 aromatic heterocycles. The Morgan fingerprint density at radius 2 is 2.12 bits per heavy atom. The second-order valence-corrected chi connectivity index (χ2v) is 4.99. The van der Waals surface area contributed by atoms with Gasteiger partial charge in [0.25, 0.3) is 5.91 Å². The number of benzene rings is 1. The van der Waals surface area contributed by atoms with Gasteiger partial charge in [-0.05, 0) is 43.4 Å². The summed E-state index contributed by atoms with van der Waals surface area (Å²) in [6.07, 6.45) is 2.96. The van der Waals surface area contributed by atoms with E-state index in [0.29, 0.717) is 24.4 Å². The van der Waals surface area contributed by atoms with Crippen LogP contribution >= 0.6 is 11.6 Å². The van der Waals surface area contributed by atoms with E-state index in [-0.39, 0.29) is 5.91 Å². The van der Waals surface area contributed by atoms with E-state index in [2.05, 4.69) is 5.32 Å². The molecule has 0 aliphatic heterocycles. The molecule has 92 valence electrons. The highest BCUT2D eigenvalue weighted by atomic mass is 35.5. The van der Waals surface area contributed by atoms with Crippen LogP contribution in [-0.2, 0) is 11.3 Å². The summed E-state index contributed by atoms with van der Waals surface area (Å²) in [7, 11) is 0. The Bertz CT molecular complexity index is 414. The van der Waals surface area contributed by atoms with E-state index in [4.69, 9.17) is 11.6 Å². The maximum Gasteiger partial charge on any atom is 0.252 e. The fourth-order valence-electron chi connectivity index (χ4n) is 2.18. The summed E-state index contributed by atoms with van der Waals surface area (Å²) in [5.41, 5.74) is -0.217. The van der Waals surface area contributed by atoms with Gasteiger partial charge in [0.2, 0.25) is 0 Å². The van der Waals surface area contributed by atoms with E-state index >= 15 is 0 Å². The van der Waals surface area contributed by atoms with Crippen molar-refractivity contribution in [1.29, 1.82) is 0 Å². The fourth-order valence-corrected chi connectivity index (χ4v) is 2.39. The van der Waals surface area contributed by atoms with Gasteiger partial charge >= 0.3 is 0 Å². The molecule has 1 amide bonds. The molecule has 2 rings (SSSR count). The van der Waals surface area contributed by atoms with Crippen molar-refractivity contribution in [3.63, 3.8) is 0 Å². The first-order chi connectivity index (χ1) is 8.10. The van der Waals surface area contributed by atoms with Crippen LogP contribution in [0.15, 0.2) is 24.3 Å². The minimum Gasteiger partial charge on any atom is -0.380 e. The third-order valence-electron chi connectivity index (χ3n) is 3.20. The van der Waals surface area contributed by atoms with Crippen LogP contribution in [0.3, 0.4) is 0 Å². The zero-order chi connectivity index (χ0) is 12.3. The third-order valence-corrected chi connectivity index (χ3v) is 3.43. The van der Waals surface area contributed by atoms with Crippen LogP contribution in [0, 0.1) is 0 Å². The van der Waals surface area contributed by atoms with Gasteiger partial charge in [-0.25, -0.2) is 0 Å². The van der Waals surface area contributed by atoms with Crippen molar-refractivity contribution in [3.8, 4) is 0 Å². The molecular formula is C13H16ClNO2. The number of carbonyl (C=O) groups excluding carboxylic acids is 1. The second kappa shape index (κ2) is 5.07. The second-order valence-electron chi connectivity index (χ2n) is 4.55. The van der Waals surface area contributed by atoms with Crippen LogP contribution in [0.5, 0.6) is 0 Å². The molecule has 0 saturated heterocycles. The minimum absolute atomic E-state index is 0.269. The van der Waals surface area contributed by atoms with Gasteiger partial charge in [-0.1, -0.05) is 23.7 Å². The van der Waals surface area contributed by atoms with E-state index in [1.54, 1.807) is 12.1 Å². The van der Waals surface area contributed by atoms with Gasteiger partial charge in [-0.2, -0.15) is 0 Å². The molecule has 0 unspecified atom stereocenters. The average Bonchev–Trinajstić information content (AvgIpc) is 2.74. The number of amides is 1. The SMILES string of the molecule is O=C(NCc1cccc(Cl)c1)C1(O)CCCC1. The van der Waals surface area contributed by atoms with Gasteiger partial charge in [0, 0.05) is 11.6 Å². The lowest BCUT2D eigenvalue weighted by atomic mass is 10.0. The molecule has 0 radical (unpaired) electrons. The fraction of sp³-hybridized carbons (Fsp3) is 0.462. The average molecular weight is 254 g/mol. The zero-order valence-electron chi connectivity index (χ0n) is 9.58. The molecule has 1 aliphatic rings. The first kappa shape index (κ1) is 12.4. The Hall–Kier alpha value is -1.06. The number of hydrogen-bond donors (Lipinski definition) is 2. The largest absolute Gasteiger partial charge is 0.380 e. The first-order valence-corrected chi connectivity index (χ1v) is 6.23.